The fourth-order valence-corrected chi connectivity index (χ4v) is 1.82. The van der Waals surface area contributed by atoms with Crippen LogP contribution >= 0.6 is 0 Å². The van der Waals surface area contributed by atoms with Crippen molar-refractivity contribution in [2.75, 3.05) is 6.61 Å². The number of ether oxygens (including phenoxy) is 1. The van der Waals surface area contributed by atoms with Crippen LogP contribution < -0.4 is 51.4 Å². The van der Waals surface area contributed by atoms with Crippen LogP contribution in [-0.4, -0.2) is 47.0 Å². The van der Waals surface area contributed by atoms with Crippen molar-refractivity contribution in [3.63, 3.8) is 0 Å². The zero-order valence-electron chi connectivity index (χ0n) is 13.2. The molecule has 0 aliphatic heterocycles. The van der Waals surface area contributed by atoms with Gasteiger partial charge < -0.3 is 14.9 Å². The molecule has 0 aromatic heterocycles. The molecular formula is C12H23KO8S. The van der Waals surface area contributed by atoms with E-state index in [9.17, 15) is 18.0 Å². The molecule has 0 amide bonds. The van der Waals surface area contributed by atoms with Crippen LogP contribution in [-0.2, 0) is 24.4 Å². The minimum atomic E-state index is -4.84. The molecule has 8 nitrogen and oxygen atoms in total. The van der Waals surface area contributed by atoms with E-state index in [1.807, 2.05) is 6.92 Å². The number of hydrogen-bond donors (Lipinski definition) is 3. The third-order valence-corrected chi connectivity index (χ3v) is 3.36. The minimum Gasteiger partial charge on any atom is -0.552 e. The van der Waals surface area contributed by atoms with Gasteiger partial charge in [-0.25, -0.2) is 6.61 Å². The standard InChI is InChI=1S/C8H17O.C4H6O7S.K/c1-3-5-6-7-8-9-4-2;5-3(6)1-2(4(7)8)12(9,10)11;/h4H,3,5-8H2,1-2H3;2H,1H2,(H,5,6)(H,7,8)(H,9,10,11);/q-1;;+1. The predicted molar refractivity (Wildman–Crippen MR) is 75.3 cm³/mol. The van der Waals surface area contributed by atoms with Crippen LogP contribution in [0.4, 0.5) is 0 Å². The summed E-state index contributed by atoms with van der Waals surface area (Å²) in [5, 5.41) is 13.9. The third-order valence-electron chi connectivity index (χ3n) is 2.28. The molecule has 126 valence electrons. The van der Waals surface area contributed by atoms with Crippen molar-refractivity contribution in [1.82, 2.24) is 0 Å². The number of carboxylic acids is 2. The monoisotopic (exact) mass is 366 g/mol. The molecule has 10 heteroatoms. The first-order valence-electron chi connectivity index (χ1n) is 6.47. The average molecular weight is 366 g/mol. The van der Waals surface area contributed by atoms with E-state index < -0.39 is 33.7 Å². The Morgan fingerprint density at radius 1 is 1.18 bits per heavy atom. The molecule has 3 N–H and O–H groups in total. The van der Waals surface area contributed by atoms with Crippen molar-refractivity contribution < 1.29 is 88.9 Å². The molecule has 0 aromatic rings. The summed E-state index contributed by atoms with van der Waals surface area (Å²) < 4.78 is 33.7. The second-order valence-electron chi connectivity index (χ2n) is 4.11. The summed E-state index contributed by atoms with van der Waals surface area (Å²) in [6, 6.07) is 0. The Balaban J connectivity index is -0.000000326. The Bertz CT molecular complexity index is 390. The van der Waals surface area contributed by atoms with Crippen LogP contribution in [0.25, 0.3) is 0 Å². The maximum absolute atomic E-state index is 10.2. The Morgan fingerprint density at radius 2 is 1.73 bits per heavy atom. The molecule has 1 unspecified atom stereocenters. The second kappa shape index (κ2) is 16.3. The van der Waals surface area contributed by atoms with Crippen molar-refractivity contribution in [3.05, 3.63) is 6.61 Å². The molecule has 0 aliphatic carbocycles. The Morgan fingerprint density at radius 3 is 2.00 bits per heavy atom. The number of aliphatic carboxylic acids is 2. The molecule has 0 spiro atoms. The molecule has 0 saturated heterocycles. The number of hydrogen-bond acceptors (Lipinski definition) is 5. The molecule has 0 rings (SSSR count). The molecule has 0 bridgehead atoms. The second-order valence-corrected chi connectivity index (χ2v) is 5.71. The number of carbonyl (C=O) groups is 2. The van der Waals surface area contributed by atoms with Crippen molar-refractivity contribution in [1.29, 1.82) is 0 Å². The van der Waals surface area contributed by atoms with E-state index in [2.05, 4.69) is 6.92 Å². The third kappa shape index (κ3) is 18.5. The SMILES string of the molecule is C[CH-]OCCCCCC.O=C(O)CC(C(=O)O)S(=O)(=O)O.[K+]. The largest absolute Gasteiger partial charge is 1.00 e. The van der Waals surface area contributed by atoms with E-state index in [4.69, 9.17) is 19.5 Å². The Kier molecular flexibility index (Phi) is 20.2. The molecular weight excluding hydrogens is 343 g/mol. The Hall–Kier alpha value is 0.446. The Labute approximate surface area is 173 Å². The van der Waals surface area contributed by atoms with Gasteiger partial charge in [0.25, 0.3) is 10.1 Å². The van der Waals surface area contributed by atoms with Gasteiger partial charge in [0.05, 0.1) is 6.42 Å². The minimum absolute atomic E-state index is 0. The summed E-state index contributed by atoms with van der Waals surface area (Å²) in [5.74, 6) is -3.50. The summed E-state index contributed by atoms with van der Waals surface area (Å²) >= 11 is 0. The van der Waals surface area contributed by atoms with Gasteiger partial charge in [0.2, 0.25) is 0 Å². The van der Waals surface area contributed by atoms with Gasteiger partial charge in [0, 0.05) is 6.61 Å². The molecule has 0 aromatic carbocycles. The first kappa shape index (κ1) is 27.3. The maximum atomic E-state index is 10.2. The van der Waals surface area contributed by atoms with Crippen LogP contribution in [0.3, 0.4) is 0 Å². The van der Waals surface area contributed by atoms with Crippen molar-refractivity contribution in [2.24, 2.45) is 0 Å². The van der Waals surface area contributed by atoms with Gasteiger partial charge in [0.15, 0.2) is 5.25 Å². The predicted octanol–water partition coefficient (Wildman–Crippen LogP) is -1.43. The summed E-state index contributed by atoms with van der Waals surface area (Å²) in [6.45, 7) is 6.79. The maximum Gasteiger partial charge on any atom is 1.00 e. The van der Waals surface area contributed by atoms with Gasteiger partial charge in [-0.3, -0.25) is 14.1 Å². The normalized spacial score (nSPS) is 11.6. The van der Waals surface area contributed by atoms with E-state index in [1.165, 1.54) is 25.7 Å². The number of carboxylic acid groups (broad SMARTS) is 2. The fourth-order valence-electron chi connectivity index (χ4n) is 1.21. The molecule has 0 fully saturated rings. The number of unbranched alkanes of at least 4 members (excludes halogenated alkanes) is 3. The molecule has 1 atom stereocenters. The van der Waals surface area contributed by atoms with Gasteiger partial charge in [-0.1, -0.05) is 26.2 Å². The summed E-state index contributed by atoms with van der Waals surface area (Å²) in [5.41, 5.74) is 0. The summed E-state index contributed by atoms with van der Waals surface area (Å²) in [6.07, 6.45) is 4.00. The zero-order chi connectivity index (χ0) is 16.9. The van der Waals surface area contributed by atoms with Crippen LogP contribution in [0.1, 0.15) is 46.0 Å². The van der Waals surface area contributed by atoms with E-state index >= 15 is 0 Å². The van der Waals surface area contributed by atoms with Crippen LogP contribution in [0.5, 0.6) is 0 Å². The van der Waals surface area contributed by atoms with Crippen LogP contribution in [0.15, 0.2) is 0 Å². The molecule has 0 aliphatic rings. The van der Waals surface area contributed by atoms with E-state index in [1.54, 1.807) is 6.61 Å². The van der Waals surface area contributed by atoms with Crippen LogP contribution in [0, 0.1) is 6.61 Å². The van der Waals surface area contributed by atoms with Crippen molar-refractivity contribution in [2.45, 2.75) is 51.2 Å². The molecule has 0 heterocycles. The number of rotatable bonds is 10. The van der Waals surface area contributed by atoms with Crippen LogP contribution in [0.2, 0.25) is 0 Å². The van der Waals surface area contributed by atoms with E-state index in [0.29, 0.717) is 0 Å². The molecule has 0 saturated carbocycles. The van der Waals surface area contributed by atoms with E-state index in [-0.39, 0.29) is 51.4 Å². The van der Waals surface area contributed by atoms with Crippen molar-refractivity contribution >= 4 is 22.1 Å². The smallest absolute Gasteiger partial charge is 0.552 e. The van der Waals surface area contributed by atoms with Gasteiger partial charge in [-0.2, -0.15) is 15.3 Å². The van der Waals surface area contributed by atoms with E-state index in [0.717, 1.165) is 6.61 Å². The van der Waals surface area contributed by atoms with Gasteiger partial charge in [-0.15, -0.1) is 0 Å². The summed E-state index contributed by atoms with van der Waals surface area (Å²) in [4.78, 5) is 20.0. The van der Waals surface area contributed by atoms with Gasteiger partial charge >= 0.3 is 63.3 Å². The zero-order valence-corrected chi connectivity index (χ0v) is 17.1. The van der Waals surface area contributed by atoms with Crippen molar-refractivity contribution in [3.8, 4) is 0 Å². The quantitative estimate of drug-likeness (QED) is 0.185. The van der Waals surface area contributed by atoms with Gasteiger partial charge in [-0.05, 0) is 6.42 Å². The first-order valence-corrected chi connectivity index (χ1v) is 7.97. The summed E-state index contributed by atoms with van der Waals surface area (Å²) in [7, 11) is -4.84. The topological polar surface area (TPSA) is 138 Å². The molecule has 22 heavy (non-hydrogen) atoms. The average Bonchev–Trinajstić information content (AvgIpc) is 2.35. The fraction of sp³-hybridized carbons (Fsp3) is 0.750. The molecule has 0 radical (unpaired) electrons. The van der Waals surface area contributed by atoms with Gasteiger partial charge in [0.1, 0.15) is 0 Å². The first-order chi connectivity index (χ1) is 9.66.